The fraction of sp³-hybridized carbons (Fsp3) is 0.524. The van der Waals surface area contributed by atoms with Crippen molar-refractivity contribution in [3.63, 3.8) is 0 Å². The van der Waals surface area contributed by atoms with Crippen molar-refractivity contribution in [2.45, 2.75) is 51.6 Å². The van der Waals surface area contributed by atoms with Crippen LogP contribution in [-0.2, 0) is 29.1 Å². The van der Waals surface area contributed by atoms with Crippen LogP contribution in [0.15, 0.2) is 24.3 Å². The van der Waals surface area contributed by atoms with Gasteiger partial charge in [0.15, 0.2) is 5.82 Å². The highest BCUT2D eigenvalue weighted by Gasteiger charge is 2.30. The van der Waals surface area contributed by atoms with Crippen molar-refractivity contribution in [3.05, 3.63) is 47.3 Å². The molecule has 1 saturated heterocycles. The third kappa shape index (κ3) is 4.31. The molecule has 0 radical (unpaired) electrons. The van der Waals surface area contributed by atoms with E-state index in [-0.39, 0.29) is 23.5 Å². The van der Waals surface area contributed by atoms with Gasteiger partial charge in [0.2, 0.25) is 11.8 Å². The summed E-state index contributed by atoms with van der Waals surface area (Å²) in [5.74, 6) is 1.85. The van der Waals surface area contributed by atoms with Crippen LogP contribution in [0.3, 0.4) is 0 Å². The summed E-state index contributed by atoms with van der Waals surface area (Å²) in [6.07, 6.45) is 2.96. The molecule has 29 heavy (non-hydrogen) atoms. The Morgan fingerprint density at radius 2 is 1.90 bits per heavy atom. The van der Waals surface area contributed by atoms with Crippen LogP contribution in [0.4, 0.5) is 4.39 Å². The second-order valence-electron chi connectivity index (χ2n) is 7.87. The number of aryl methyl sites for hydroxylation is 1. The molecule has 8 heteroatoms. The molecule has 1 atom stereocenters. The van der Waals surface area contributed by atoms with Gasteiger partial charge in [0.1, 0.15) is 11.6 Å². The standard InChI is InChI=1S/C21H26FN5O2/c1-15(28)25-10-2-3-17(13-25)21-24-23-19-14-26(11-12-27(19)21)20(29)9-6-16-4-7-18(22)8-5-16/h4-5,7-8,17H,2-3,6,9-14H2,1H3/t17-/m1/s1. The van der Waals surface area contributed by atoms with Gasteiger partial charge in [-0.2, -0.15) is 0 Å². The Morgan fingerprint density at radius 3 is 2.66 bits per heavy atom. The van der Waals surface area contributed by atoms with Crippen molar-refractivity contribution in [3.8, 4) is 0 Å². The number of nitrogens with zero attached hydrogens (tertiary/aromatic N) is 5. The van der Waals surface area contributed by atoms with E-state index < -0.39 is 0 Å². The van der Waals surface area contributed by atoms with Gasteiger partial charge in [-0.25, -0.2) is 4.39 Å². The van der Waals surface area contributed by atoms with E-state index in [0.29, 0.717) is 39.0 Å². The lowest BCUT2D eigenvalue weighted by molar-refractivity contribution is -0.133. The number of likely N-dealkylation sites (tertiary alicyclic amines) is 1. The lowest BCUT2D eigenvalue weighted by Gasteiger charge is -2.33. The molecule has 7 nitrogen and oxygen atoms in total. The van der Waals surface area contributed by atoms with Gasteiger partial charge in [0, 0.05) is 45.4 Å². The summed E-state index contributed by atoms with van der Waals surface area (Å²) in [5.41, 5.74) is 0.953. The van der Waals surface area contributed by atoms with Gasteiger partial charge in [-0.3, -0.25) is 9.59 Å². The van der Waals surface area contributed by atoms with Crippen LogP contribution in [-0.4, -0.2) is 56.0 Å². The third-order valence-corrected chi connectivity index (χ3v) is 5.91. The highest BCUT2D eigenvalue weighted by atomic mass is 19.1. The summed E-state index contributed by atoms with van der Waals surface area (Å²) in [5, 5.41) is 8.75. The van der Waals surface area contributed by atoms with Crippen LogP contribution in [0.5, 0.6) is 0 Å². The highest BCUT2D eigenvalue weighted by Crippen LogP contribution is 2.27. The maximum absolute atomic E-state index is 13.0. The first kappa shape index (κ1) is 19.5. The minimum absolute atomic E-state index is 0.0746. The van der Waals surface area contributed by atoms with Crippen LogP contribution >= 0.6 is 0 Å². The summed E-state index contributed by atoms with van der Waals surface area (Å²) in [6.45, 7) is 4.87. The third-order valence-electron chi connectivity index (χ3n) is 5.91. The van der Waals surface area contributed by atoms with Crippen molar-refractivity contribution >= 4 is 11.8 Å². The van der Waals surface area contributed by atoms with Crippen molar-refractivity contribution in [2.24, 2.45) is 0 Å². The van der Waals surface area contributed by atoms with E-state index in [2.05, 4.69) is 14.8 Å². The molecular formula is C21H26FN5O2. The minimum atomic E-state index is -0.268. The molecule has 2 aliphatic heterocycles. The predicted molar refractivity (Wildman–Crippen MR) is 104 cm³/mol. The van der Waals surface area contributed by atoms with Crippen molar-refractivity contribution < 1.29 is 14.0 Å². The molecule has 3 heterocycles. The highest BCUT2D eigenvalue weighted by molar-refractivity contribution is 5.76. The monoisotopic (exact) mass is 399 g/mol. The first-order chi connectivity index (χ1) is 14.0. The molecule has 1 aromatic heterocycles. The number of rotatable bonds is 4. The Bertz CT molecular complexity index is 895. The molecule has 1 fully saturated rings. The van der Waals surface area contributed by atoms with E-state index in [1.54, 1.807) is 19.1 Å². The van der Waals surface area contributed by atoms with Gasteiger partial charge in [-0.1, -0.05) is 12.1 Å². The van der Waals surface area contributed by atoms with Gasteiger partial charge in [-0.05, 0) is 37.0 Å². The molecule has 1 aromatic carbocycles. The van der Waals surface area contributed by atoms with Crippen molar-refractivity contribution in [2.75, 3.05) is 19.6 Å². The molecule has 0 saturated carbocycles. The zero-order chi connectivity index (χ0) is 20.4. The zero-order valence-electron chi connectivity index (χ0n) is 16.7. The summed E-state index contributed by atoms with van der Waals surface area (Å²) >= 11 is 0. The van der Waals surface area contributed by atoms with Crippen LogP contribution in [0, 0.1) is 5.82 Å². The summed E-state index contributed by atoms with van der Waals surface area (Å²) in [7, 11) is 0. The predicted octanol–water partition coefficient (Wildman–Crippen LogP) is 2.12. The summed E-state index contributed by atoms with van der Waals surface area (Å²) in [4.78, 5) is 28.0. The van der Waals surface area contributed by atoms with Crippen molar-refractivity contribution in [1.29, 1.82) is 0 Å². The van der Waals surface area contributed by atoms with Gasteiger partial charge in [0.05, 0.1) is 6.54 Å². The maximum Gasteiger partial charge on any atom is 0.223 e. The number of amides is 2. The van der Waals surface area contributed by atoms with Gasteiger partial charge in [-0.15, -0.1) is 10.2 Å². The summed E-state index contributed by atoms with van der Waals surface area (Å²) in [6, 6.07) is 6.28. The fourth-order valence-corrected chi connectivity index (χ4v) is 4.23. The molecule has 0 N–H and O–H groups in total. The van der Waals surface area contributed by atoms with E-state index in [0.717, 1.165) is 36.6 Å². The number of piperidine rings is 1. The number of hydrogen-bond acceptors (Lipinski definition) is 4. The number of hydrogen-bond donors (Lipinski definition) is 0. The average molecular weight is 399 g/mol. The second-order valence-corrected chi connectivity index (χ2v) is 7.87. The van der Waals surface area contributed by atoms with Crippen LogP contribution in [0.1, 0.15) is 49.3 Å². The maximum atomic E-state index is 13.0. The summed E-state index contributed by atoms with van der Waals surface area (Å²) < 4.78 is 15.1. The zero-order valence-corrected chi connectivity index (χ0v) is 16.7. The number of carbonyl (C=O) groups is 2. The largest absolute Gasteiger partial charge is 0.342 e. The molecule has 0 bridgehead atoms. The number of benzene rings is 1. The molecule has 2 aliphatic rings. The van der Waals surface area contributed by atoms with Gasteiger partial charge < -0.3 is 14.4 Å². The quantitative estimate of drug-likeness (QED) is 0.790. The van der Waals surface area contributed by atoms with E-state index >= 15 is 0 Å². The number of carbonyl (C=O) groups excluding carboxylic acids is 2. The first-order valence-corrected chi connectivity index (χ1v) is 10.2. The number of aromatic nitrogens is 3. The van der Waals surface area contributed by atoms with Crippen LogP contribution in [0.2, 0.25) is 0 Å². The fourth-order valence-electron chi connectivity index (χ4n) is 4.23. The number of halogens is 1. The molecule has 2 amide bonds. The molecule has 154 valence electrons. The molecule has 0 aliphatic carbocycles. The van der Waals surface area contributed by atoms with E-state index in [1.165, 1.54) is 12.1 Å². The van der Waals surface area contributed by atoms with Gasteiger partial charge in [0.25, 0.3) is 0 Å². The molecule has 0 unspecified atom stereocenters. The van der Waals surface area contributed by atoms with E-state index in [9.17, 15) is 14.0 Å². The Morgan fingerprint density at radius 1 is 1.10 bits per heavy atom. The number of fused-ring (bicyclic) bond motifs is 1. The van der Waals surface area contributed by atoms with Crippen molar-refractivity contribution in [1.82, 2.24) is 24.6 Å². The SMILES string of the molecule is CC(=O)N1CCC[C@@H](c2nnc3n2CCN(C(=O)CCc2ccc(F)cc2)C3)C1. The smallest absolute Gasteiger partial charge is 0.223 e. The Labute approximate surface area is 169 Å². The lowest BCUT2D eigenvalue weighted by Crippen LogP contribution is -2.41. The van der Waals surface area contributed by atoms with Gasteiger partial charge >= 0.3 is 0 Å². The first-order valence-electron chi connectivity index (χ1n) is 10.2. The second kappa shape index (κ2) is 8.31. The van der Waals surface area contributed by atoms with Crippen LogP contribution in [0.25, 0.3) is 0 Å². The Balaban J connectivity index is 1.37. The lowest BCUT2D eigenvalue weighted by atomic mass is 9.97. The molecular weight excluding hydrogens is 373 g/mol. The molecule has 2 aromatic rings. The Hall–Kier alpha value is -2.77. The topological polar surface area (TPSA) is 71.3 Å². The van der Waals surface area contributed by atoms with Crippen LogP contribution < -0.4 is 0 Å². The van der Waals surface area contributed by atoms with E-state index in [1.807, 2.05) is 9.80 Å². The Kier molecular flexibility index (Phi) is 5.60. The molecule has 4 rings (SSSR count). The average Bonchev–Trinajstić information content (AvgIpc) is 3.16. The minimum Gasteiger partial charge on any atom is -0.342 e. The molecule has 0 spiro atoms. The van der Waals surface area contributed by atoms with E-state index in [4.69, 9.17) is 0 Å². The normalized spacial score (nSPS) is 19.2.